The topological polar surface area (TPSA) is 45.4 Å². The average molecular weight is 279 g/mol. The molecule has 1 fully saturated rings. The summed E-state index contributed by atoms with van der Waals surface area (Å²) in [4.78, 5) is 0. The van der Waals surface area contributed by atoms with Crippen LogP contribution in [0, 0.1) is 5.21 Å². The summed E-state index contributed by atoms with van der Waals surface area (Å²) in [7, 11) is 0. The highest BCUT2D eigenvalue weighted by Gasteiger charge is 2.24. The maximum atomic E-state index is 11.1. The van der Waals surface area contributed by atoms with E-state index in [1.165, 1.54) is 19.0 Å². The van der Waals surface area contributed by atoms with Gasteiger partial charge in [0.1, 0.15) is 0 Å². The molecule has 1 aromatic rings. The number of aromatic nitrogens is 1. The fourth-order valence-corrected chi connectivity index (χ4v) is 2.58. The molecule has 0 amide bonds. The molecule has 0 aliphatic carbocycles. The lowest BCUT2D eigenvalue weighted by Crippen LogP contribution is -2.24. The lowest BCUT2D eigenvalue weighted by Gasteiger charge is -2.14. The summed E-state index contributed by atoms with van der Waals surface area (Å²) in [6, 6.07) is 3.75. The van der Waals surface area contributed by atoms with Gasteiger partial charge in [0.25, 0.3) is 0 Å². The Kier molecular flexibility index (Phi) is 6.27. The van der Waals surface area contributed by atoms with E-state index in [2.05, 4.69) is 6.92 Å². The van der Waals surface area contributed by atoms with Crippen LogP contribution in [-0.4, -0.2) is 19.0 Å². The molecule has 0 radical (unpaired) electrons. The summed E-state index contributed by atoms with van der Waals surface area (Å²) >= 11 is 0. The van der Waals surface area contributed by atoms with Gasteiger partial charge in [-0.15, -0.1) is 0 Å². The van der Waals surface area contributed by atoms with Gasteiger partial charge < -0.3 is 14.7 Å². The molecule has 1 aliphatic rings. The van der Waals surface area contributed by atoms with Crippen molar-refractivity contribution in [3.05, 3.63) is 35.3 Å². The third-order valence-electron chi connectivity index (χ3n) is 3.70. The first kappa shape index (κ1) is 15.3. The zero-order valence-electron chi connectivity index (χ0n) is 12.3. The maximum absolute atomic E-state index is 11.1. The normalized spacial score (nSPS) is 22.2. The molecule has 1 aromatic heterocycles. The highest BCUT2D eigenvalue weighted by Crippen LogP contribution is 2.24. The number of aryl methyl sites for hydroxylation is 1. The fraction of sp³-hybridized carbons (Fsp3) is 0.688. The highest BCUT2D eigenvalue weighted by atomic mass is 16.7. The second-order valence-electron chi connectivity index (χ2n) is 5.45. The number of ether oxygens (including phenoxy) is 2. The second kappa shape index (κ2) is 8.22. The van der Waals surface area contributed by atoms with Crippen LogP contribution in [0.15, 0.2) is 24.5 Å². The number of pyridine rings is 1. The van der Waals surface area contributed by atoms with Crippen LogP contribution in [0.5, 0.6) is 0 Å². The Morgan fingerprint density at radius 3 is 3.10 bits per heavy atom. The molecular weight excluding hydrogens is 254 g/mol. The third-order valence-corrected chi connectivity index (χ3v) is 3.70. The third kappa shape index (κ3) is 5.10. The lowest BCUT2D eigenvalue weighted by atomic mass is 10.1. The monoisotopic (exact) mass is 279 g/mol. The molecule has 4 nitrogen and oxygen atoms in total. The highest BCUT2D eigenvalue weighted by molar-refractivity contribution is 5.05. The first-order chi connectivity index (χ1) is 9.78. The lowest BCUT2D eigenvalue weighted by molar-refractivity contribution is -0.605. The number of rotatable bonds is 8. The van der Waals surface area contributed by atoms with Gasteiger partial charge in [-0.05, 0) is 31.7 Å². The second-order valence-corrected chi connectivity index (χ2v) is 5.45. The van der Waals surface area contributed by atoms with Crippen molar-refractivity contribution in [3.8, 4) is 0 Å². The van der Waals surface area contributed by atoms with Gasteiger partial charge in [-0.25, -0.2) is 0 Å². The molecule has 112 valence electrons. The molecule has 4 heteroatoms. The SMILES string of the molecule is CCCCC1CCC(OCCCc2ccc[n+]([O-])c2)O1. The number of hydrogen-bond acceptors (Lipinski definition) is 3. The van der Waals surface area contributed by atoms with E-state index in [9.17, 15) is 5.21 Å². The molecule has 0 aromatic carbocycles. The van der Waals surface area contributed by atoms with Crippen LogP contribution in [0.2, 0.25) is 0 Å². The Labute approximate surface area is 121 Å². The predicted molar refractivity (Wildman–Crippen MR) is 77.1 cm³/mol. The molecule has 0 bridgehead atoms. The Morgan fingerprint density at radius 1 is 1.40 bits per heavy atom. The van der Waals surface area contributed by atoms with Gasteiger partial charge in [-0.1, -0.05) is 19.8 Å². The molecule has 2 rings (SSSR count). The van der Waals surface area contributed by atoms with Crippen LogP contribution >= 0.6 is 0 Å². The minimum Gasteiger partial charge on any atom is -0.619 e. The number of unbranched alkanes of at least 4 members (excludes halogenated alkanes) is 1. The van der Waals surface area contributed by atoms with Crippen molar-refractivity contribution >= 4 is 0 Å². The summed E-state index contributed by atoms with van der Waals surface area (Å²) in [5, 5.41) is 11.1. The van der Waals surface area contributed by atoms with Crippen LogP contribution in [0.3, 0.4) is 0 Å². The molecule has 0 saturated carbocycles. The van der Waals surface area contributed by atoms with Crippen molar-refractivity contribution in [2.75, 3.05) is 6.61 Å². The van der Waals surface area contributed by atoms with E-state index < -0.39 is 0 Å². The standard InChI is InChI=1S/C16H25NO3/c1-2-3-8-15-9-10-16(20-15)19-12-5-7-14-6-4-11-17(18)13-14/h4,6,11,13,15-16H,2-3,5,7-10,12H2,1H3. The van der Waals surface area contributed by atoms with E-state index in [1.54, 1.807) is 12.3 Å². The molecule has 20 heavy (non-hydrogen) atoms. The van der Waals surface area contributed by atoms with Gasteiger partial charge in [-0.3, -0.25) is 0 Å². The Morgan fingerprint density at radius 2 is 2.30 bits per heavy atom. The smallest absolute Gasteiger partial charge is 0.183 e. The summed E-state index contributed by atoms with van der Waals surface area (Å²) in [5.41, 5.74) is 1.05. The average Bonchev–Trinajstić information content (AvgIpc) is 2.89. The molecule has 2 unspecified atom stereocenters. The molecule has 0 spiro atoms. The minimum atomic E-state index is -0.0166. The van der Waals surface area contributed by atoms with Crippen molar-refractivity contribution in [2.45, 2.75) is 64.3 Å². The van der Waals surface area contributed by atoms with E-state index in [-0.39, 0.29) is 6.29 Å². The van der Waals surface area contributed by atoms with Crippen LogP contribution in [-0.2, 0) is 15.9 Å². The summed E-state index contributed by atoms with van der Waals surface area (Å²) in [5.74, 6) is 0. The van der Waals surface area contributed by atoms with Gasteiger partial charge in [0, 0.05) is 18.1 Å². The first-order valence-electron chi connectivity index (χ1n) is 7.72. The van der Waals surface area contributed by atoms with Gasteiger partial charge >= 0.3 is 0 Å². The van der Waals surface area contributed by atoms with E-state index >= 15 is 0 Å². The Balaban J connectivity index is 1.58. The Bertz CT molecular complexity index is 397. The van der Waals surface area contributed by atoms with Gasteiger partial charge in [-0.2, -0.15) is 4.73 Å². The van der Waals surface area contributed by atoms with E-state index in [0.29, 0.717) is 12.7 Å². The van der Waals surface area contributed by atoms with E-state index in [0.717, 1.165) is 42.4 Å². The van der Waals surface area contributed by atoms with Crippen LogP contribution in [0.25, 0.3) is 0 Å². The van der Waals surface area contributed by atoms with E-state index in [4.69, 9.17) is 9.47 Å². The number of nitrogens with zero attached hydrogens (tertiary/aromatic N) is 1. The molecular formula is C16H25NO3. The molecule has 2 atom stereocenters. The molecule has 1 aliphatic heterocycles. The first-order valence-corrected chi connectivity index (χ1v) is 7.72. The van der Waals surface area contributed by atoms with Crippen molar-refractivity contribution < 1.29 is 14.2 Å². The fourth-order valence-electron chi connectivity index (χ4n) is 2.58. The summed E-state index contributed by atoms with van der Waals surface area (Å²) < 4.78 is 12.5. The van der Waals surface area contributed by atoms with Crippen LogP contribution in [0.4, 0.5) is 0 Å². The van der Waals surface area contributed by atoms with E-state index in [1.807, 2.05) is 6.07 Å². The zero-order chi connectivity index (χ0) is 14.2. The van der Waals surface area contributed by atoms with Crippen molar-refractivity contribution in [1.29, 1.82) is 0 Å². The quantitative estimate of drug-likeness (QED) is 0.417. The van der Waals surface area contributed by atoms with Gasteiger partial charge in [0.2, 0.25) is 0 Å². The zero-order valence-corrected chi connectivity index (χ0v) is 12.3. The number of hydrogen-bond donors (Lipinski definition) is 0. The summed E-state index contributed by atoms with van der Waals surface area (Å²) in [6.45, 7) is 2.90. The van der Waals surface area contributed by atoms with Crippen LogP contribution < -0.4 is 4.73 Å². The summed E-state index contributed by atoms with van der Waals surface area (Å²) in [6.07, 6.45) is 11.0. The van der Waals surface area contributed by atoms with Gasteiger partial charge in [0.15, 0.2) is 18.7 Å². The molecule has 2 heterocycles. The Hall–Kier alpha value is -1.13. The maximum Gasteiger partial charge on any atom is 0.183 e. The van der Waals surface area contributed by atoms with Crippen LogP contribution in [0.1, 0.15) is 51.0 Å². The van der Waals surface area contributed by atoms with Gasteiger partial charge in [0.05, 0.1) is 12.7 Å². The minimum absolute atomic E-state index is 0.0166. The van der Waals surface area contributed by atoms with Crippen molar-refractivity contribution in [3.63, 3.8) is 0 Å². The molecule has 0 N–H and O–H groups in total. The van der Waals surface area contributed by atoms with Crippen molar-refractivity contribution in [1.82, 2.24) is 0 Å². The predicted octanol–water partition coefficient (Wildman–Crippen LogP) is 2.96. The largest absolute Gasteiger partial charge is 0.619 e. The molecule has 1 saturated heterocycles. The van der Waals surface area contributed by atoms with Crippen molar-refractivity contribution in [2.24, 2.45) is 0 Å².